The second kappa shape index (κ2) is 5.01. The summed E-state index contributed by atoms with van der Waals surface area (Å²) in [7, 11) is 3.22. The number of rotatable bonds is 4. The highest BCUT2D eigenvalue weighted by molar-refractivity contribution is 7.22. The first kappa shape index (κ1) is 12.7. The SMILES string of the molecule is COc1cc2nc(Nc3cc(C)on3)sc2cc1OC. The molecule has 6 nitrogen and oxygen atoms in total. The number of aromatic nitrogens is 2. The lowest BCUT2D eigenvalue weighted by atomic mass is 10.3. The molecule has 1 aromatic carbocycles. The van der Waals surface area contributed by atoms with Crippen LogP contribution in [0.2, 0.25) is 0 Å². The van der Waals surface area contributed by atoms with Crippen LogP contribution in [0.3, 0.4) is 0 Å². The molecule has 0 radical (unpaired) electrons. The first-order valence-electron chi connectivity index (χ1n) is 5.92. The van der Waals surface area contributed by atoms with Gasteiger partial charge in [0.05, 0.1) is 24.4 Å². The normalized spacial score (nSPS) is 10.8. The Kier molecular flexibility index (Phi) is 3.19. The van der Waals surface area contributed by atoms with Gasteiger partial charge in [0.25, 0.3) is 0 Å². The molecular weight excluding hydrogens is 278 g/mol. The fourth-order valence-corrected chi connectivity index (χ4v) is 2.73. The fourth-order valence-electron chi connectivity index (χ4n) is 1.84. The molecule has 0 saturated carbocycles. The second-order valence-corrected chi connectivity index (χ2v) is 5.17. The Labute approximate surface area is 119 Å². The number of ether oxygens (including phenoxy) is 2. The van der Waals surface area contributed by atoms with E-state index in [4.69, 9.17) is 14.0 Å². The summed E-state index contributed by atoms with van der Waals surface area (Å²) < 4.78 is 16.6. The van der Waals surface area contributed by atoms with Crippen LogP contribution in [0.25, 0.3) is 10.2 Å². The predicted octanol–water partition coefficient (Wildman–Crippen LogP) is 3.35. The molecule has 0 spiro atoms. The van der Waals surface area contributed by atoms with Crippen molar-refractivity contribution in [1.82, 2.24) is 10.1 Å². The van der Waals surface area contributed by atoms with Crippen LogP contribution < -0.4 is 14.8 Å². The van der Waals surface area contributed by atoms with Crippen molar-refractivity contribution in [3.05, 3.63) is 24.0 Å². The molecule has 0 unspecified atom stereocenters. The molecule has 0 aliphatic rings. The van der Waals surface area contributed by atoms with E-state index in [1.54, 1.807) is 14.2 Å². The Morgan fingerprint density at radius 2 is 1.90 bits per heavy atom. The predicted molar refractivity (Wildman–Crippen MR) is 77.2 cm³/mol. The Morgan fingerprint density at radius 1 is 1.15 bits per heavy atom. The number of aryl methyl sites for hydroxylation is 1. The van der Waals surface area contributed by atoms with Gasteiger partial charge in [0.1, 0.15) is 5.76 Å². The van der Waals surface area contributed by atoms with Gasteiger partial charge in [0, 0.05) is 18.2 Å². The maximum absolute atomic E-state index is 5.28. The van der Waals surface area contributed by atoms with E-state index in [0.29, 0.717) is 17.3 Å². The van der Waals surface area contributed by atoms with Gasteiger partial charge in [-0.15, -0.1) is 0 Å². The molecule has 0 aliphatic carbocycles. The summed E-state index contributed by atoms with van der Waals surface area (Å²) >= 11 is 1.51. The van der Waals surface area contributed by atoms with E-state index in [0.717, 1.165) is 21.1 Å². The molecule has 0 amide bonds. The molecule has 0 aliphatic heterocycles. The van der Waals surface area contributed by atoms with Crippen LogP contribution in [0.15, 0.2) is 22.7 Å². The zero-order valence-corrected chi connectivity index (χ0v) is 12.1. The van der Waals surface area contributed by atoms with Gasteiger partial charge in [-0.2, -0.15) is 0 Å². The highest BCUT2D eigenvalue weighted by Gasteiger charge is 2.11. The Hall–Kier alpha value is -2.28. The zero-order valence-electron chi connectivity index (χ0n) is 11.3. The average molecular weight is 291 g/mol. The molecule has 2 heterocycles. The van der Waals surface area contributed by atoms with E-state index in [1.807, 2.05) is 25.1 Å². The summed E-state index contributed by atoms with van der Waals surface area (Å²) in [5.74, 6) is 2.74. The minimum Gasteiger partial charge on any atom is -0.493 e. The molecule has 0 fully saturated rings. The van der Waals surface area contributed by atoms with E-state index < -0.39 is 0 Å². The Balaban J connectivity index is 1.97. The van der Waals surface area contributed by atoms with Crippen molar-refractivity contribution in [3.63, 3.8) is 0 Å². The molecule has 3 aromatic rings. The van der Waals surface area contributed by atoms with Gasteiger partial charge in [-0.3, -0.25) is 0 Å². The van der Waals surface area contributed by atoms with Crippen LogP contribution in [-0.4, -0.2) is 24.4 Å². The van der Waals surface area contributed by atoms with Gasteiger partial charge in [-0.1, -0.05) is 16.5 Å². The lowest BCUT2D eigenvalue weighted by molar-refractivity contribution is 0.356. The first-order chi connectivity index (χ1) is 9.69. The highest BCUT2D eigenvalue weighted by Crippen LogP contribution is 2.36. The molecule has 0 saturated heterocycles. The molecule has 0 bridgehead atoms. The van der Waals surface area contributed by atoms with E-state index >= 15 is 0 Å². The quantitative estimate of drug-likeness (QED) is 0.795. The number of nitrogens with one attached hydrogen (secondary N) is 1. The molecular formula is C13H13N3O3S. The van der Waals surface area contributed by atoms with E-state index in [-0.39, 0.29) is 0 Å². The Morgan fingerprint density at radius 3 is 2.55 bits per heavy atom. The summed E-state index contributed by atoms with van der Waals surface area (Å²) in [6.07, 6.45) is 0. The first-order valence-corrected chi connectivity index (χ1v) is 6.74. The minimum atomic E-state index is 0.639. The second-order valence-electron chi connectivity index (χ2n) is 4.14. The number of nitrogens with zero attached hydrogens (tertiary/aromatic N) is 2. The topological polar surface area (TPSA) is 69.4 Å². The number of hydrogen-bond acceptors (Lipinski definition) is 7. The van der Waals surface area contributed by atoms with Gasteiger partial charge in [0.2, 0.25) is 0 Å². The van der Waals surface area contributed by atoms with Crippen molar-refractivity contribution in [3.8, 4) is 11.5 Å². The number of thiazole rings is 1. The van der Waals surface area contributed by atoms with Crippen LogP contribution >= 0.6 is 11.3 Å². The average Bonchev–Trinajstić information content (AvgIpc) is 3.02. The lowest BCUT2D eigenvalue weighted by Crippen LogP contribution is -1.90. The van der Waals surface area contributed by atoms with Gasteiger partial charge >= 0.3 is 0 Å². The van der Waals surface area contributed by atoms with Crippen LogP contribution in [0.1, 0.15) is 5.76 Å². The summed E-state index contributed by atoms with van der Waals surface area (Å²) in [4.78, 5) is 4.49. The van der Waals surface area contributed by atoms with Crippen molar-refractivity contribution in [2.75, 3.05) is 19.5 Å². The number of fused-ring (bicyclic) bond motifs is 1. The van der Waals surface area contributed by atoms with E-state index in [9.17, 15) is 0 Å². The van der Waals surface area contributed by atoms with Gasteiger partial charge in [0.15, 0.2) is 22.4 Å². The van der Waals surface area contributed by atoms with Crippen LogP contribution in [0, 0.1) is 6.92 Å². The molecule has 3 rings (SSSR count). The third-order valence-corrected chi connectivity index (χ3v) is 3.69. The molecule has 7 heteroatoms. The summed E-state index contributed by atoms with van der Waals surface area (Å²) in [5, 5.41) is 7.73. The summed E-state index contributed by atoms with van der Waals surface area (Å²) in [5.41, 5.74) is 0.843. The maximum Gasteiger partial charge on any atom is 0.189 e. The number of anilines is 2. The van der Waals surface area contributed by atoms with Crippen molar-refractivity contribution in [2.45, 2.75) is 6.92 Å². The van der Waals surface area contributed by atoms with E-state index in [2.05, 4.69) is 15.5 Å². The molecule has 1 N–H and O–H groups in total. The van der Waals surface area contributed by atoms with Crippen molar-refractivity contribution in [1.29, 1.82) is 0 Å². The van der Waals surface area contributed by atoms with Crippen LogP contribution in [0.5, 0.6) is 11.5 Å². The van der Waals surface area contributed by atoms with Crippen LogP contribution in [-0.2, 0) is 0 Å². The third-order valence-electron chi connectivity index (χ3n) is 2.76. The lowest BCUT2D eigenvalue weighted by Gasteiger charge is -2.05. The fraction of sp³-hybridized carbons (Fsp3) is 0.231. The summed E-state index contributed by atoms with van der Waals surface area (Å²) in [6.45, 7) is 1.84. The van der Waals surface area contributed by atoms with E-state index in [1.165, 1.54) is 11.3 Å². The summed E-state index contributed by atoms with van der Waals surface area (Å²) in [6, 6.07) is 5.57. The van der Waals surface area contributed by atoms with Crippen LogP contribution in [0.4, 0.5) is 10.9 Å². The van der Waals surface area contributed by atoms with Crippen molar-refractivity contribution in [2.24, 2.45) is 0 Å². The van der Waals surface area contributed by atoms with Gasteiger partial charge in [-0.25, -0.2) is 4.98 Å². The van der Waals surface area contributed by atoms with Gasteiger partial charge in [-0.05, 0) is 6.92 Å². The maximum atomic E-state index is 5.28. The minimum absolute atomic E-state index is 0.639. The largest absolute Gasteiger partial charge is 0.493 e. The third kappa shape index (κ3) is 2.27. The van der Waals surface area contributed by atoms with Crippen molar-refractivity contribution < 1.29 is 14.0 Å². The molecule has 2 aromatic heterocycles. The smallest absolute Gasteiger partial charge is 0.189 e. The molecule has 104 valence electrons. The van der Waals surface area contributed by atoms with Gasteiger partial charge < -0.3 is 19.3 Å². The Bertz CT molecular complexity index is 709. The molecule has 20 heavy (non-hydrogen) atoms. The van der Waals surface area contributed by atoms with Crippen molar-refractivity contribution >= 4 is 32.5 Å². The zero-order chi connectivity index (χ0) is 14.1. The molecule has 0 atom stereocenters. The monoisotopic (exact) mass is 291 g/mol. The number of hydrogen-bond donors (Lipinski definition) is 1. The standard InChI is InChI=1S/C13H13N3O3S/c1-7-4-12(16-19-7)15-13-14-8-5-9(17-2)10(18-3)6-11(8)20-13/h4-6H,1-3H3,(H,14,15,16). The number of benzene rings is 1. The highest BCUT2D eigenvalue weighted by atomic mass is 32.1. The number of methoxy groups -OCH3 is 2.